The molecule has 1 rings (SSSR count). The number of nitrogens with zero attached hydrogens (tertiary/aromatic N) is 1. The Morgan fingerprint density at radius 2 is 1.67 bits per heavy atom. The van der Waals surface area contributed by atoms with Gasteiger partial charge in [0.2, 0.25) is 0 Å². The topological polar surface area (TPSA) is 26.0 Å². The van der Waals surface area contributed by atoms with Gasteiger partial charge in [-0.25, -0.2) is 4.59 Å². The van der Waals surface area contributed by atoms with E-state index in [4.69, 9.17) is 5.84 Å². The molecule has 1 fully saturated rings. The fourth-order valence-electron chi connectivity index (χ4n) is 1.44. The van der Waals surface area contributed by atoms with Crippen molar-refractivity contribution in [3.8, 4) is 0 Å². The summed E-state index contributed by atoms with van der Waals surface area (Å²) >= 11 is 0. The first-order valence-corrected chi connectivity index (χ1v) is 3.80. The van der Waals surface area contributed by atoms with E-state index in [0.29, 0.717) is 6.04 Å². The van der Waals surface area contributed by atoms with Crippen LogP contribution in [0.1, 0.15) is 26.7 Å². The fraction of sp³-hybridized carbons (Fsp3) is 1.00. The third kappa shape index (κ3) is 1.25. The van der Waals surface area contributed by atoms with Crippen molar-refractivity contribution in [2.75, 3.05) is 13.1 Å². The van der Waals surface area contributed by atoms with Crippen molar-refractivity contribution < 1.29 is 4.59 Å². The Balaban J connectivity index is 2.51. The lowest BCUT2D eigenvalue weighted by atomic mass is 10.3. The molecule has 1 aliphatic heterocycles. The molecule has 0 spiro atoms. The maximum Gasteiger partial charge on any atom is 0.101 e. The summed E-state index contributed by atoms with van der Waals surface area (Å²) < 4.78 is 0.806. The molecule has 2 heteroatoms. The van der Waals surface area contributed by atoms with Crippen molar-refractivity contribution in [3.63, 3.8) is 0 Å². The van der Waals surface area contributed by atoms with E-state index in [1.807, 2.05) is 0 Å². The van der Waals surface area contributed by atoms with E-state index in [1.54, 1.807) is 0 Å². The Morgan fingerprint density at radius 1 is 1.22 bits per heavy atom. The van der Waals surface area contributed by atoms with Crippen LogP contribution in [0.3, 0.4) is 0 Å². The molecule has 0 aromatic heterocycles. The molecule has 1 saturated heterocycles. The first kappa shape index (κ1) is 7.03. The molecule has 0 bridgehead atoms. The minimum atomic E-state index is 0.604. The summed E-state index contributed by atoms with van der Waals surface area (Å²) in [5.74, 6) is 6.04. The van der Waals surface area contributed by atoms with Gasteiger partial charge in [-0.15, -0.1) is 0 Å². The predicted octanol–water partition coefficient (Wildman–Crippen LogP) is 0.879. The zero-order valence-corrected chi connectivity index (χ0v) is 6.43. The number of hydrogen-bond acceptors (Lipinski definition) is 1. The molecule has 0 saturated carbocycles. The Hall–Kier alpha value is -0.0800. The molecule has 2 nitrogen and oxygen atoms in total. The van der Waals surface area contributed by atoms with Crippen molar-refractivity contribution in [2.45, 2.75) is 32.7 Å². The monoisotopic (exact) mass is 129 g/mol. The Bertz CT molecular complexity index is 93.1. The first-order chi connectivity index (χ1) is 4.15. The van der Waals surface area contributed by atoms with Gasteiger partial charge in [-0.3, -0.25) is 0 Å². The second kappa shape index (κ2) is 2.27. The van der Waals surface area contributed by atoms with Gasteiger partial charge in [0.15, 0.2) is 0 Å². The van der Waals surface area contributed by atoms with E-state index >= 15 is 0 Å². The molecule has 0 unspecified atom stereocenters. The molecule has 1 heterocycles. The van der Waals surface area contributed by atoms with Crippen molar-refractivity contribution in [3.05, 3.63) is 0 Å². The number of rotatable bonds is 1. The molecular weight excluding hydrogens is 112 g/mol. The normalized spacial score (nSPS) is 25.3. The fourth-order valence-corrected chi connectivity index (χ4v) is 1.44. The van der Waals surface area contributed by atoms with Crippen LogP contribution >= 0.6 is 0 Å². The highest BCUT2D eigenvalue weighted by molar-refractivity contribution is 4.52. The van der Waals surface area contributed by atoms with Gasteiger partial charge in [0.25, 0.3) is 0 Å². The Morgan fingerprint density at radius 3 is 1.89 bits per heavy atom. The summed E-state index contributed by atoms with van der Waals surface area (Å²) in [6, 6.07) is 0.604. The SMILES string of the molecule is CC(C)[N+]1(N)CCCC1. The van der Waals surface area contributed by atoms with Gasteiger partial charge in [0, 0.05) is 12.8 Å². The summed E-state index contributed by atoms with van der Waals surface area (Å²) in [6.45, 7) is 6.76. The van der Waals surface area contributed by atoms with E-state index in [-0.39, 0.29) is 0 Å². The van der Waals surface area contributed by atoms with E-state index in [1.165, 1.54) is 25.9 Å². The smallest absolute Gasteiger partial charge is 0.101 e. The largest absolute Gasteiger partial charge is 0.246 e. The minimum absolute atomic E-state index is 0.604. The summed E-state index contributed by atoms with van der Waals surface area (Å²) in [5, 5.41) is 0. The van der Waals surface area contributed by atoms with Gasteiger partial charge >= 0.3 is 0 Å². The quantitative estimate of drug-likeness (QED) is 0.413. The Kier molecular flexibility index (Phi) is 1.78. The lowest BCUT2D eigenvalue weighted by Crippen LogP contribution is -2.56. The number of nitrogens with two attached hydrogens (primary N) is 1. The van der Waals surface area contributed by atoms with Crippen LogP contribution in [-0.4, -0.2) is 23.7 Å². The summed E-state index contributed by atoms with van der Waals surface area (Å²) in [6.07, 6.45) is 2.63. The minimum Gasteiger partial charge on any atom is -0.246 e. The average molecular weight is 129 g/mol. The molecule has 0 atom stereocenters. The van der Waals surface area contributed by atoms with E-state index < -0.39 is 0 Å². The van der Waals surface area contributed by atoms with Crippen LogP contribution in [0.4, 0.5) is 0 Å². The zero-order chi connectivity index (χ0) is 6.91. The van der Waals surface area contributed by atoms with Crippen LogP contribution in [0.25, 0.3) is 0 Å². The summed E-state index contributed by atoms with van der Waals surface area (Å²) in [5.41, 5.74) is 0. The average Bonchev–Trinajstić information content (AvgIpc) is 2.16. The second-order valence-electron chi connectivity index (χ2n) is 3.35. The van der Waals surface area contributed by atoms with Gasteiger partial charge in [-0.1, -0.05) is 0 Å². The molecule has 0 aromatic carbocycles. The van der Waals surface area contributed by atoms with Crippen molar-refractivity contribution in [1.82, 2.24) is 0 Å². The lowest BCUT2D eigenvalue weighted by molar-refractivity contribution is -0.948. The second-order valence-corrected chi connectivity index (χ2v) is 3.35. The van der Waals surface area contributed by atoms with Gasteiger partial charge in [0.05, 0.1) is 13.1 Å². The highest BCUT2D eigenvalue weighted by Crippen LogP contribution is 2.16. The van der Waals surface area contributed by atoms with E-state index in [2.05, 4.69) is 13.8 Å². The summed E-state index contributed by atoms with van der Waals surface area (Å²) in [7, 11) is 0. The number of likely N-dealkylation sites (tertiary alicyclic amines) is 1. The van der Waals surface area contributed by atoms with Crippen LogP contribution < -0.4 is 5.84 Å². The molecule has 0 radical (unpaired) electrons. The van der Waals surface area contributed by atoms with E-state index in [9.17, 15) is 0 Å². The van der Waals surface area contributed by atoms with Crippen LogP contribution in [0.5, 0.6) is 0 Å². The molecule has 0 aromatic rings. The van der Waals surface area contributed by atoms with Crippen LogP contribution in [0.2, 0.25) is 0 Å². The highest BCUT2D eigenvalue weighted by atomic mass is 15.6. The van der Waals surface area contributed by atoms with Gasteiger partial charge in [-0.05, 0) is 13.8 Å². The van der Waals surface area contributed by atoms with Crippen molar-refractivity contribution >= 4 is 0 Å². The van der Waals surface area contributed by atoms with Crippen LogP contribution in [0, 0.1) is 0 Å². The standard InChI is InChI=1S/C7H17N2/c1-7(2)9(8)5-3-4-6-9/h7H,3-6,8H2,1-2H3/q+1. The van der Waals surface area contributed by atoms with Gasteiger partial charge < -0.3 is 0 Å². The van der Waals surface area contributed by atoms with Crippen LogP contribution in [-0.2, 0) is 0 Å². The highest BCUT2D eigenvalue weighted by Gasteiger charge is 2.31. The maximum absolute atomic E-state index is 6.04. The van der Waals surface area contributed by atoms with Crippen LogP contribution in [0.15, 0.2) is 0 Å². The number of quaternary nitrogens is 1. The van der Waals surface area contributed by atoms with Crippen molar-refractivity contribution in [1.29, 1.82) is 0 Å². The third-order valence-corrected chi connectivity index (χ3v) is 2.43. The van der Waals surface area contributed by atoms with Crippen molar-refractivity contribution in [2.24, 2.45) is 5.84 Å². The number of hydrogen-bond donors (Lipinski definition) is 1. The molecule has 1 aliphatic rings. The molecule has 54 valence electrons. The zero-order valence-electron chi connectivity index (χ0n) is 6.43. The van der Waals surface area contributed by atoms with Gasteiger partial charge in [-0.2, -0.15) is 5.84 Å². The molecular formula is C7H17N2+. The third-order valence-electron chi connectivity index (χ3n) is 2.43. The molecule has 0 aliphatic carbocycles. The molecule has 2 N–H and O–H groups in total. The predicted molar refractivity (Wildman–Crippen MR) is 38.6 cm³/mol. The summed E-state index contributed by atoms with van der Waals surface area (Å²) in [4.78, 5) is 0. The Labute approximate surface area is 57.2 Å². The maximum atomic E-state index is 6.04. The molecule has 0 amide bonds. The van der Waals surface area contributed by atoms with Gasteiger partial charge in [0.1, 0.15) is 6.04 Å². The molecule has 9 heavy (non-hydrogen) atoms. The lowest BCUT2D eigenvalue weighted by Gasteiger charge is -2.31. The van der Waals surface area contributed by atoms with E-state index in [0.717, 1.165) is 4.59 Å². The first-order valence-electron chi connectivity index (χ1n) is 3.80.